The number of anilines is 2. The molecule has 0 aromatic heterocycles. The minimum absolute atomic E-state index is 0.0363. The third-order valence-corrected chi connectivity index (χ3v) is 8.29. The van der Waals surface area contributed by atoms with Gasteiger partial charge >= 0.3 is 6.18 Å². The highest BCUT2D eigenvalue weighted by Crippen LogP contribution is 2.33. The van der Waals surface area contributed by atoms with E-state index in [0.717, 1.165) is 28.3 Å². The Morgan fingerprint density at radius 2 is 1.51 bits per heavy atom. The first-order chi connectivity index (χ1) is 21.2. The molecule has 7 nitrogen and oxygen atoms in total. The fraction of sp³-hybridized carbons (Fsp3) is 0.219. The maximum atomic E-state index is 13.5. The number of rotatable bonds is 12. The zero-order valence-electron chi connectivity index (χ0n) is 23.9. The van der Waals surface area contributed by atoms with Gasteiger partial charge in [0.2, 0.25) is 10.0 Å². The van der Waals surface area contributed by atoms with Crippen molar-refractivity contribution in [3.63, 3.8) is 0 Å². The molecule has 0 radical (unpaired) electrons. The number of alkyl halides is 3. The third-order valence-electron chi connectivity index (χ3n) is 6.77. The predicted molar refractivity (Wildman–Crippen MR) is 170 cm³/mol. The molecule has 45 heavy (non-hydrogen) atoms. The smallest absolute Gasteiger partial charge is 0.390 e. The SMILES string of the molecule is CS(=O)(=O)N(c1cc(Cl)cc(Cl)c1)c1cccc(C(=O)N[C@@H](Cc2ccccc2)[C@H](O)CNCc2cccc(C(F)(F)F)c2)c1. The second-order valence-electron chi connectivity index (χ2n) is 10.4. The van der Waals surface area contributed by atoms with Crippen LogP contribution in [0.25, 0.3) is 0 Å². The van der Waals surface area contributed by atoms with Gasteiger partial charge in [0, 0.05) is 28.7 Å². The quantitative estimate of drug-likeness (QED) is 0.157. The Morgan fingerprint density at radius 1 is 0.867 bits per heavy atom. The molecule has 0 aliphatic rings. The maximum Gasteiger partial charge on any atom is 0.416 e. The Morgan fingerprint density at radius 3 is 2.16 bits per heavy atom. The van der Waals surface area contributed by atoms with E-state index in [9.17, 15) is 31.5 Å². The lowest BCUT2D eigenvalue weighted by Gasteiger charge is -2.26. The fourth-order valence-corrected chi connectivity index (χ4v) is 6.23. The zero-order chi connectivity index (χ0) is 32.8. The second kappa shape index (κ2) is 14.7. The fourth-order valence-electron chi connectivity index (χ4n) is 4.73. The van der Waals surface area contributed by atoms with Crippen molar-refractivity contribution in [3.8, 4) is 0 Å². The molecule has 2 atom stereocenters. The number of benzene rings is 4. The Balaban J connectivity index is 1.54. The van der Waals surface area contributed by atoms with Gasteiger partial charge in [-0.1, -0.05) is 77.8 Å². The summed E-state index contributed by atoms with van der Waals surface area (Å²) in [5, 5.41) is 17.3. The number of hydrogen-bond acceptors (Lipinski definition) is 5. The highest BCUT2D eigenvalue weighted by Gasteiger charge is 2.30. The average Bonchev–Trinajstić information content (AvgIpc) is 2.96. The summed E-state index contributed by atoms with van der Waals surface area (Å²) in [6.45, 7) is 0.0231. The van der Waals surface area contributed by atoms with Crippen LogP contribution >= 0.6 is 23.2 Å². The van der Waals surface area contributed by atoms with Crippen molar-refractivity contribution in [2.45, 2.75) is 31.3 Å². The molecule has 0 saturated heterocycles. The van der Waals surface area contributed by atoms with E-state index < -0.39 is 39.8 Å². The third kappa shape index (κ3) is 9.69. The molecule has 0 saturated carbocycles. The molecule has 1 amide bonds. The van der Waals surface area contributed by atoms with Crippen molar-refractivity contribution >= 4 is 50.5 Å². The largest absolute Gasteiger partial charge is 0.416 e. The normalized spacial score (nSPS) is 13.2. The molecule has 4 aromatic rings. The summed E-state index contributed by atoms with van der Waals surface area (Å²) in [6.07, 6.45) is -4.36. The number of nitrogens with zero attached hydrogens (tertiary/aromatic N) is 1. The van der Waals surface area contributed by atoms with Crippen molar-refractivity contribution in [1.29, 1.82) is 0 Å². The van der Waals surface area contributed by atoms with E-state index in [1.807, 2.05) is 30.3 Å². The molecular weight excluding hydrogens is 650 g/mol. The van der Waals surface area contributed by atoms with Crippen molar-refractivity contribution < 1.29 is 31.5 Å². The maximum absolute atomic E-state index is 13.5. The lowest BCUT2D eigenvalue weighted by molar-refractivity contribution is -0.137. The minimum Gasteiger partial charge on any atom is -0.390 e. The first-order valence-corrected chi connectivity index (χ1v) is 16.3. The van der Waals surface area contributed by atoms with Crippen molar-refractivity contribution in [1.82, 2.24) is 10.6 Å². The van der Waals surface area contributed by atoms with E-state index in [-0.39, 0.29) is 46.5 Å². The summed E-state index contributed by atoms with van der Waals surface area (Å²) in [6, 6.07) is 23.5. The molecule has 0 fully saturated rings. The molecule has 3 N–H and O–H groups in total. The number of aliphatic hydroxyl groups excluding tert-OH is 1. The summed E-state index contributed by atoms with van der Waals surface area (Å²) in [4.78, 5) is 13.5. The number of carbonyl (C=O) groups is 1. The van der Waals surface area contributed by atoms with Gasteiger partial charge < -0.3 is 15.7 Å². The molecule has 4 aromatic carbocycles. The van der Waals surface area contributed by atoms with Crippen LogP contribution in [-0.4, -0.2) is 44.4 Å². The Kier molecular flexibility index (Phi) is 11.2. The van der Waals surface area contributed by atoms with Crippen molar-refractivity contribution in [2.24, 2.45) is 0 Å². The van der Waals surface area contributed by atoms with E-state index in [2.05, 4.69) is 10.6 Å². The molecular formula is C32H30Cl2F3N3O4S. The van der Waals surface area contributed by atoms with E-state index >= 15 is 0 Å². The van der Waals surface area contributed by atoms with Crippen molar-refractivity contribution in [3.05, 3.63) is 129 Å². The average molecular weight is 681 g/mol. The second-order valence-corrected chi connectivity index (χ2v) is 13.1. The van der Waals surface area contributed by atoms with Gasteiger partial charge in [-0.3, -0.25) is 4.79 Å². The molecule has 0 spiro atoms. The lowest BCUT2D eigenvalue weighted by Crippen LogP contribution is -2.48. The monoisotopic (exact) mass is 679 g/mol. The summed E-state index contributed by atoms with van der Waals surface area (Å²) < 4.78 is 65.9. The lowest BCUT2D eigenvalue weighted by atomic mass is 10.00. The number of amides is 1. The van der Waals surface area contributed by atoms with Gasteiger partial charge in [-0.15, -0.1) is 0 Å². The van der Waals surface area contributed by atoms with Crippen LogP contribution in [-0.2, 0) is 29.2 Å². The molecule has 13 heteroatoms. The summed E-state index contributed by atoms with van der Waals surface area (Å²) in [7, 11) is -3.89. The van der Waals surface area contributed by atoms with Crippen LogP contribution in [0.1, 0.15) is 27.0 Å². The van der Waals surface area contributed by atoms with Gasteiger partial charge in [0.15, 0.2) is 0 Å². The van der Waals surface area contributed by atoms with Gasteiger partial charge in [-0.05, 0) is 60.0 Å². The Labute approximate surface area is 269 Å². The van der Waals surface area contributed by atoms with Crippen LogP contribution in [0.5, 0.6) is 0 Å². The Hall–Kier alpha value is -3.61. The molecule has 4 rings (SSSR count). The summed E-state index contributed by atoms with van der Waals surface area (Å²) >= 11 is 12.2. The standard InChI is InChI=1S/C32H30Cl2F3N3O4S/c1-45(43,44)40(28-17-25(33)16-26(34)18-28)27-12-6-10-23(15-27)31(42)39-29(14-21-7-3-2-4-8-21)30(41)20-38-19-22-9-5-11-24(13-22)32(35,36)37/h2-13,15-18,29-30,38,41H,14,19-20H2,1H3,(H,39,42)/t29-,30+/m0/s1. The van der Waals surface area contributed by atoms with E-state index in [1.54, 1.807) is 6.07 Å². The van der Waals surface area contributed by atoms with Crippen LogP contribution < -0.4 is 14.9 Å². The first-order valence-electron chi connectivity index (χ1n) is 13.7. The number of nitrogens with one attached hydrogen (secondary N) is 2. The number of aliphatic hydroxyl groups is 1. The molecule has 0 bridgehead atoms. The number of carbonyl (C=O) groups excluding carboxylic acids is 1. The predicted octanol–water partition coefficient (Wildman–Crippen LogP) is 6.60. The van der Waals surface area contributed by atoms with Gasteiger partial charge in [0.1, 0.15) is 0 Å². The highest BCUT2D eigenvalue weighted by molar-refractivity contribution is 7.92. The first kappa shape index (κ1) is 34.3. The van der Waals surface area contributed by atoms with E-state index in [0.29, 0.717) is 5.56 Å². The van der Waals surface area contributed by atoms with E-state index in [1.165, 1.54) is 48.5 Å². The van der Waals surface area contributed by atoms with Gasteiger partial charge in [-0.2, -0.15) is 13.2 Å². The van der Waals surface area contributed by atoms with E-state index in [4.69, 9.17) is 23.2 Å². The summed E-state index contributed by atoms with van der Waals surface area (Å²) in [5.41, 5.74) is 0.898. The van der Waals surface area contributed by atoms with Gasteiger partial charge in [0.05, 0.1) is 35.3 Å². The van der Waals surface area contributed by atoms with Crippen LogP contribution in [0.2, 0.25) is 10.0 Å². The topological polar surface area (TPSA) is 98.7 Å². The number of sulfonamides is 1. The zero-order valence-corrected chi connectivity index (χ0v) is 26.3. The van der Waals surface area contributed by atoms with Crippen molar-refractivity contribution in [2.75, 3.05) is 17.1 Å². The molecule has 0 aliphatic heterocycles. The number of hydrogen-bond donors (Lipinski definition) is 3. The molecule has 0 heterocycles. The minimum atomic E-state index is -4.47. The molecule has 0 aliphatic carbocycles. The van der Waals surface area contributed by atoms with Gasteiger partial charge in [-0.25, -0.2) is 12.7 Å². The van der Waals surface area contributed by atoms with Crippen LogP contribution in [0.15, 0.2) is 97.1 Å². The van der Waals surface area contributed by atoms with Crippen LogP contribution in [0.4, 0.5) is 24.5 Å². The van der Waals surface area contributed by atoms with Crippen LogP contribution in [0.3, 0.4) is 0 Å². The number of halogens is 5. The van der Waals surface area contributed by atoms with Gasteiger partial charge in [0.25, 0.3) is 5.91 Å². The molecule has 238 valence electrons. The Bertz CT molecular complexity index is 1720. The summed E-state index contributed by atoms with van der Waals surface area (Å²) in [5.74, 6) is -0.577. The highest BCUT2D eigenvalue weighted by atomic mass is 35.5. The molecule has 0 unspecified atom stereocenters. The van der Waals surface area contributed by atoms with Crippen LogP contribution in [0, 0.1) is 0 Å².